The number of carbonyl (C=O) groups is 2. The van der Waals surface area contributed by atoms with Crippen LogP contribution in [-0.4, -0.2) is 66.2 Å². The molecule has 2 amide bonds. The van der Waals surface area contributed by atoms with Gasteiger partial charge in [-0.05, 0) is 57.7 Å². The minimum atomic E-state index is -0.475. The van der Waals surface area contributed by atoms with Crippen molar-refractivity contribution < 1.29 is 14.3 Å². The smallest absolute Gasteiger partial charge is 0.410 e. The van der Waals surface area contributed by atoms with E-state index in [4.69, 9.17) is 4.74 Å². The maximum atomic E-state index is 13.3. The van der Waals surface area contributed by atoms with Gasteiger partial charge >= 0.3 is 6.09 Å². The summed E-state index contributed by atoms with van der Waals surface area (Å²) in [6.45, 7) is 9.29. The standard InChI is InChI=1S/C24H35N3O3/c1-24(2,3)30-23(29)26-15-13-25(14-16-26)20-10-9-18-11-12-27(22(28)21(18)17-20)19-7-5-4-6-8-19/h9-10,17,19H,4-8,11-16H2,1-3H3. The molecule has 1 aromatic rings. The SMILES string of the molecule is CC(C)(C)OC(=O)N1CCN(c2ccc3c(c2)C(=O)N(C2CCCCC2)CC3)CC1. The van der Waals surface area contributed by atoms with Crippen LogP contribution in [0.5, 0.6) is 0 Å². The summed E-state index contributed by atoms with van der Waals surface area (Å²) in [7, 11) is 0. The van der Waals surface area contributed by atoms with E-state index in [1.54, 1.807) is 4.90 Å². The molecule has 1 aromatic carbocycles. The maximum Gasteiger partial charge on any atom is 0.410 e. The molecular weight excluding hydrogens is 378 g/mol. The number of hydrogen-bond donors (Lipinski definition) is 0. The van der Waals surface area contributed by atoms with Crippen LogP contribution in [0.15, 0.2) is 18.2 Å². The fourth-order valence-corrected chi connectivity index (χ4v) is 4.89. The molecule has 3 aliphatic rings. The molecule has 0 aromatic heterocycles. The summed E-state index contributed by atoms with van der Waals surface area (Å²) in [5.41, 5.74) is 2.65. The first-order valence-electron chi connectivity index (χ1n) is 11.5. The topological polar surface area (TPSA) is 53.1 Å². The van der Waals surface area contributed by atoms with Crippen LogP contribution in [0.25, 0.3) is 0 Å². The monoisotopic (exact) mass is 413 g/mol. The predicted octanol–water partition coefficient (Wildman–Crippen LogP) is 4.07. The van der Waals surface area contributed by atoms with Gasteiger partial charge in [0.05, 0.1) is 0 Å². The molecule has 0 N–H and O–H groups in total. The van der Waals surface area contributed by atoms with Crippen molar-refractivity contribution in [3.8, 4) is 0 Å². The summed E-state index contributed by atoms with van der Waals surface area (Å²) in [5.74, 6) is 0.206. The fourth-order valence-electron chi connectivity index (χ4n) is 4.89. The summed E-state index contributed by atoms with van der Waals surface area (Å²) in [5, 5.41) is 0. The van der Waals surface area contributed by atoms with Gasteiger partial charge in [0, 0.05) is 50.0 Å². The van der Waals surface area contributed by atoms with Gasteiger partial charge in [0.2, 0.25) is 0 Å². The van der Waals surface area contributed by atoms with Crippen LogP contribution in [0, 0.1) is 0 Å². The Labute approximate surface area is 180 Å². The van der Waals surface area contributed by atoms with Gasteiger partial charge in [0.1, 0.15) is 5.60 Å². The first-order chi connectivity index (χ1) is 14.3. The van der Waals surface area contributed by atoms with E-state index >= 15 is 0 Å². The molecule has 1 saturated heterocycles. The van der Waals surface area contributed by atoms with Crippen molar-refractivity contribution in [1.29, 1.82) is 0 Å². The molecule has 0 atom stereocenters. The van der Waals surface area contributed by atoms with Crippen LogP contribution in [-0.2, 0) is 11.2 Å². The zero-order valence-electron chi connectivity index (χ0n) is 18.7. The Bertz CT molecular complexity index is 787. The molecule has 6 nitrogen and oxygen atoms in total. The third-order valence-electron chi connectivity index (χ3n) is 6.52. The van der Waals surface area contributed by atoms with Crippen molar-refractivity contribution in [3.63, 3.8) is 0 Å². The number of carbonyl (C=O) groups excluding carboxylic acids is 2. The van der Waals surface area contributed by atoms with E-state index in [2.05, 4.69) is 28.0 Å². The molecule has 0 spiro atoms. The van der Waals surface area contributed by atoms with Gasteiger partial charge in [0.25, 0.3) is 5.91 Å². The molecule has 0 bridgehead atoms. The number of fused-ring (bicyclic) bond motifs is 1. The molecule has 0 radical (unpaired) electrons. The molecule has 164 valence electrons. The highest BCUT2D eigenvalue weighted by Gasteiger charge is 2.32. The lowest BCUT2D eigenvalue weighted by Gasteiger charge is -2.39. The van der Waals surface area contributed by atoms with Crippen LogP contribution in [0.2, 0.25) is 0 Å². The van der Waals surface area contributed by atoms with Crippen molar-refractivity contribution in [2.24, 2.45) is 0 Å². The quantitative estimate of drug-likeness (QED) is 0.733. The van der Waals surface area contributed by atoms with Gasteiger partial charge in [-0.25, -0.2) is 4.79 Å². The lowest BCUT2D eigenvalue weighted by atomic mass is 9.90. The van der Waals surface area contributed by atoms with Crippen molar-refractivity contribution >= 4 is 17.7 Å². The van der Waals surface area contributed by atoms with Crippen molar-refractivity contribution in [2.75, 3.05) is 37.6 Å². The zero-order valence-corrected chi connectivity index (χ0v) is 18.7. The molecule has 2 aliphatic heterocycles. The Kier molecular flexibility index (Phi) is 5.94. The molecular formula is C24H35N3O3. The molecule has 4 rings (SSSR count). The van der Waals surface area contributed by atoms with Crippen LogP contribution in [0.4, 0.5) is 10.5 Å². The highest BCUT2D eigenvalue weighted by molar-refractivity contribution is 5.98. The van der Waals surface area contributed by atoms with E-state index in [-0.39, 0.29) is 12.0 Å². The van der Waals surface area contributed by atoms with Crippen molar-refractivity contribution in [3.05, 3.63) is 29.3 Å². The molecule has 1 saturated carbocycles. The van der Waals surface area contributed by atoms with Gasteiger partial charge in [0.15, 0.2) is 0 Å². The van der Waals surface area contributed by atoms with E-state index in [9.17, 15) is 9.59 Å². The average Bonchev–Trinajstić information content (AvgIpc) is 2.73. The summed E-state index contributed by atoms with van der Waals surface area (Å²) in [6.07, 6.45) is 6.78. The number of anilines is 1. The number of hydrogen-bond acceptors (Lipinski definition) is 4. The number of ether oxygens (including phenoxy) is 1. The van der Waals surface area contributed by atoms with Gasteiger partial charge in [-0.3, -0.25) is 4.79 Å². The second-order valence-corrected chi connectivity index (χ2v) is 9.84. The number of nitrogens with zero attached hydrogens (tertiary/aromatic N) is 3. The Morgan fingerprint density at radius 3 is 2.37 bits per heavy atom. The van der Waals surface area contributed by atoms with Crippen LogP contribution in [0.1, 0.15) is 68.8 Å². The number of benzene rings is 1. The number of piperazine rings is 1. The van der Waals surface area contributed by atoms with Crippen molar-refractivity contribution in [1.82, 2.24) is 9.80 Å². The average molecular weight is 414 g/mol. The summed E-state index contributed by atoms with van der Waals surface area (Å²) < 4.78 is 5.49. The van der Waals surface area contributed by atoms with Crippen LogP contribution in [0.3, 0.4) is 0 Å². The number of amides is 2. The molecule has 2 heterocycles. The fraction of sp³-hybridized carbons (Fsp3) is 0.667. The van der Waals surface area contributed by atoms with Crippen LogP contribution >= 0.6 is 0 Å². The second kappa shape index (κ2) is 8.48. The van der Waals surface area contributed by atoms with Gasteiger partial charge < -0.3 is 19.4 Å². The third-order valence-corrected chi connectivity index (χ3v) is 6.52. The van der Waals surface area contributed by atoms with E-state index in [1.807, 2.05) is 20.8 Å². The molecule has 6 heteroatoms. The normalized spacial score (nSPS) is 20.9. The Morgan fingerprint density at radius 2 is 1.70 bits per heavy atom. The summed E-state index contributed by atoms with van der Waals surface area (Å²) in [4.78, 5) is 31.8. The summed E-state index contributed by atoms with van der Waals surface area (Å²) in [6, 6.07) is 6.75. The van der Waals surface area contributed by atoms with Crippen molar-refractivity contribution in [2.45, 2.75) is 70.9 Å². The molecule has 30 heavy (non-hydrogen) atoms. The Hall–Kier alpha value is -2.24. The van der Waals surface area contributed by atoms with E-state index < -0.39 is 5.60 Å². The van der Waals surface area contributed by atoms with Gasteiger partial charge in [-0.15, -0.1) is 0 Å². The van der Waals surface area contributed by atoms with E-state index in [0.29, 0.717) is 19.1 Å². The van der Waals surface area contributed by atoms with Gasteiger partial charge in [-0.2, -0.15) is 0 Å². The lowest BCUT2D eigenvalue weighted by molar-refractivity contribution is 0.0240. The second-order valence-electron chi connectivity index (χ2n) is 9.84. The maximum absolute atomic E-state index is 13.3. The predicted molar refractivity (Wildman–Crippen MR) is 118 cm³/mol. The van der Waals surface area contributed by atoms with E-state index in [1.165, 1.54) is 24.8 Å². The Balaban J connectivity index is 1.42. The lowest BCUT2D eigenvalue weighted by Crippen LogP contribution is -2.50. The summed E-state index contributed by atoms with van der Waals surface area (Å²) >= 11 is 0. The molecule has 0 unspecified atom stereocenters. The van der Waals surface area contributed by atoms with Gasteiger partial charge in [-0.1, -0.05) is 25.3 Å². The van der Waals surface area contributed by atoms with Crippen LogP contribution < -0.4 is 4.90 Å². The highest BCUT2D eigenvalue weighted by atomic mass is 16.6. The largest absolute Gasteiger partial charge is 0.444 e. The third kappa shape index (κ3) is 4.57. The highest BCUT2D eigenvalue weighted by Crippen LogP contribution is 2.30. The minimum Gasteiger partial charge on any atom is -0.444 e. The minimum absolute atomic E-state index is 0.206. The Morgan fingerprint density at radius 1 is 1.00 bits per heavy atom. The molecule has 1 aliphatic carbocycles. The first-order valence-corrected chi connectivity index (χ1v) is 11.5. The first kappa shape index (κ1) is 21.0. The van der Waals surface area contributed by atoms with E-state index in [0.717, 1.165) is 50.1 Å². The zero-order chi connectivity index (χ0) is 21.3. The molecule has 2 fully saturated rings. The number of rotatable bonds is 2.